The summed E-state index contributed by atoms with van der Waals surface area (Å²) in [6, 6.07) is 24.8. The van der Waals surface area contributed by atoms with Crippen LogP contribution in [0, 0.1) is 5.82 Å². The van der Waals surface area contributed by atoms with E-state index >= 15 is 0 Å². The van der Waals surface area contributed by atoms with Crippen molar-refractivity contribution in [2.45, 2.75) is 19.4 Å². The van der Waals surface area contributed by atoms with E-state index in [1.807, 2.05) is 67.6 Å². The van der Waals surface area contributed by atoms with Crippen molar-refractivity contribution in [3.8, 4) is 11.4 Å². The molecule has 0 fully saturated rings. The molecule has 1 N–H and O–H groups in total. The van der Waals surface area contributed by atoms with E-state index in [-0.39, 0.29) is 17.7 Å². The van der Waals surface area contributed by atoms with Crippen LogP contribution in [0.1, 0.15) is 30.0 Å². The Balaban J connectivity index is 1.55. The molecule has 4 aromatic rings. The molecule has 2 heterocycles. The number of nitrogens with one attached hydrogen (secondary N) is 1. The van der Waals surface area contributed by atoms with Crippen molar-refractivity contribution in [2.24, 2.45) is 0 Å². The Hall–Kier alpha value is -4.26. The first-order chi connectivity index (χ1) is 16.6. The van der Waals surface area contributed by atoms with Gasteiger partial charge in [0.25, 0.3) is 5.89 Å². The summed E-state index contributed by atoms with van der Waals surface area (Å²) < 4.78 is 19.7. The fourth-order valence-corrected chi connectivity index (χ4v) is 4.19. The highest BCUT2D eigenvalue weighted by molar-refractivity contribution is 5.86. The number of nitrogens with zero attached hydrogens (tertiary/aromatic N) is 3. The van der Waals surface area contributed by atoms with E-state index in [0.717, 1.165) is 11.1 Å². The Kier molecular flexibility index (Phi) is 5.91. The van der Waals surface area contributed by atoms with Crippen LogP contribution >= 0.6 is 0 Å². The van der Waals surface area contributed by atoms with Crippen molar-refractivity contribution in [3.05, 3.63) is 113 Å². The van der Waals surface area contributed by atoms with Gasteiger partial charge in [0, 0.05) is 17.8 Å². The molecular weight excluding hydrogens is 431 g/mol. The number of carbonyl (C=O) groups is 1. The fourth-order valence-electron chi connectivity index (χ4n) is 4.19. The van der Waals surface area contributed by atoms with Gasteiger partial charge < -0.3 is 9.84 Å². The summed E-state index contributed by atoms with van der Waals surface area (Å²) in [5.41, 5.74) is 3.88. The van der Waals surface area contributed by atoms with Gasteiger partial charge in [-0.2, -0.15) is 4.98 Å². The maximum absolute atomic E-state index is 14.1. The van der Waals surface area contributed by atoms with Crippen molar-refractivity contribution in [2.75, 3.05) is 6.54 Å². The number of carbonyl (C=O) groups excluding carboxylic acids is 1. The number of hydrogen-bond donors (Lipinski definition) is 1. The topological polar surface area (TPSA) is 71.3 Å². The minimum atomic E-state index is -0.625. The molecule has 0 spiro atoms. The smallest absolute Gasteiger partial charge is 0.322 e. The Morgan fingerprint density at radius 2 is 1.74 bits per heavy atom. The Morgan fingerprint density at radius 1 is 1.00 bits per heavy atom. The van der Waals surface area contributed by atoms with E-state index in [1.165, 1.54) is 12.1 Å². The lowest BCUT2D eigenvalue weighted by Crippen LogP contribution is -2.46. The van der Waals surface area contributed by atoms with Crippen molar-refractivity contribution >= 4 is 11.6 Å². The lowest BCUT2D eigenvalue weighted by atomic mass is 9.94. The van der Waals surface area contributed by atoms with E-state index < -0.39 is 6.04 Å². The van der Waals surface area contributed by atoms with E-state index in [2.05, 4.69) is 15.5 Å². The largest absolute Gasteiger partial charge is 0.334 e. The molecule has 0 bridgehead atoms. The summed E-state index contributed by atoms with van der Waals surface area (Å²) in [4.78, 5) is 19.4. The van der Waals surface area contributed by atoms with Gasteiger partial charge in [0.1, 0.15) is 5.82 Å². The molecule has 34 heavy (non-hydrogen) atoms. The van der Waals surface area contributed by atoms with Gasteiger partial charge in [-0.25, -0.2) is 9.18 Å². The van der Waals surface area contributed by atoms with Crippen LogP contribution in [-0.4, -0.2) is 27.6 Å². The van der Waals surface area contributed by atoms with Crippen LogP contribution in [0.15, 0.2) is 95.1 Å². The standard InChI is InChI=1S/C27H23FN4O2/c1-18-23(26-30-25(31-34-26)20-11-6-3-7-12-20)24(21-13-8-14-22(28)17-21)29-27(33)32(18)16-15-19-9-4-2-5-10-19/h2-14,17,24H,15-16H2,1H3,(H,29,33). The third-order valence-corrected chi connectivity index (χ3v) is 5.93. The van der Waals surface area contributed by atoms with Crippen LogP contribution < -0.4 is 5.32 Å². The molecule has 2 amide bonds. The number of urea groups is 1. The van der Waals surface area contributed by atoms with Crippen molar-refractivity contribution in [1.29, 1.82) is 0 Å². The van der Waals surface area contributed by atoms with E-state index in [4.69, 9.17) is 4.52 Å². The summed E-state index contributed by atoms with van der Waals surface area (Å²) in [5.74, 6) is 0.350. The highest BCUT2D eigenvalue weighted by Crippen LogP contribution is 2.37. The van der Waals surface area contributed by atoms with Gasteiger partial charge >= 0.3 is 6.03 Å². The summed E-state index contributed by atoms with van der Waals surface area (Å²) in [5, 5.41) is 7.16. The van der Waals surface area contributed by atoms with Gasteiger partial charge in [-0.3, -0.25) is 4.90 Å². The predicted molar refractivity (Wildman–Crippen MR) is 127 cm³/mol. The first-order valence-electron chi connectivity index (χ1n) is 11.1. The van der Waals surface area contributed by atoms with Gasteiger partial charge in [0.15, 0.2) is 0 Å². The Bertz CT molecular complexity index is 1340. The third kappa shape index (κ3) is 4.32. The highest BCUT2D eigenvalue weighted by atomic mass is 19.1. The molecular formula is C27H23FN4O2. The molecule has 1 aliphatic rings. The van der Waals surface area contributed by atoms with E-state index in [0.29, 0.717) is 35.6 Å². The summed E-state index contributed by atoms with van der Waals surface area (Å²) in [7, 11) is 0. The van der Waals surface area contributed by atoms with E-state index in [9.17, 15) is 9.18 Å². The molecule has 170 valence electrons. The molecule has 1 aliphatic heterocycles. The number of aromatic nitrogens is 2. The third-order valence-electron chi connectivity index (χ3n) is 5.93. The second-order valence-corrected chi connectivity index (χ2v) is 8.11. The maximum Gasteiger partial charge on any atom is 0.322 e. The van der Waals surface area contributed by atoms with Gasteiger partial charge in [0.05, 0.1) is 11.6 Å². The minimum Gasteiger partial charge on any atom is -0.334 e. The molecule has 3 aromatic carbocycles. The number of amides is 2. The molecule has 0 saturated carbocycles. The lowest BCUT2D eigenvalue weighted by Gasteiger charge is -2.35. The number of hydrogen-bond acceptors (Lipinski definition) is 4. The molecule has 1 atom stereocenters. The number of rotatable bonds is 6. The summed E-state index contributed by atoms with van der Waals surface area (Å²) in [6.07, 6.45) is 0.683. The molecule has 0 aliphatic carbocycles. The normalized spacial score (nSPS) is 16.0. The lowest BCUT2D eigenvalue weighted by molar-refractivity contribution is 0.205. The second-order valence-electron chi connectivity index (χ2n) is 8.11. The first kappa shape index (κ1) is 21.6. The van der Waals surface area contributed by atoms with Gasteiger partial charge in [-0.1, -0.05) is 78.0 Å². The van der Waals surface area contributed by atoms with Crippen LogP contribution in [0.3, 0.4) is 0 Å². The molecule has 5 rings (SSSR count). The van der Waals surface area contributed by atoms with Crippen molar-refractivity contribution in [3.63, 3.8) is 0 Å². The number of halogens is 1. The monoisotopic (exact) mass is 454 g/mol. The zero-order valence-electron chi connectivity index (χ0n) is 18.6. The van der Waals surface area contributed by atoms with Gasteiger partial charge in [0.2, 0.25) is 5.82 Å². The molecule has 1 unspecified atom stereocenters. The average molecular weight is 455 g/mol. The summed E-state index contributed by atoms with van der Waals surface area (Å²) >= 11 is 0. The highest BCUT2D eigenvalue weighted by Gasteiger charge is 2.35. The van der Waals surface area contributed by atoms with Gasteiger partial charge in [-0.15, -0.1) is 0 Å². The predicted octanol–water partition coefficient (Wildman–Crippen LogP) is 5.62. The fraction of sp³-hybridized carbons (Fsp3) is 0.148. The van der Waals surface area contributed by atoms with Crippen LogP contribution in [-0.2, 0) is 6.42 Å². The molecule has 7 heteroatoms. The zero-order valence-corrected chi connectivity index (χ0v) is 18.6. The Morgan fingerprint density at radius 3 is 2.47 bits per heavy atom. The van der Waals surface area contributed by atoms with Crippen LogP contribution in [0.25, 0.3) is 17.0 Å². The first-order valence-corrected chi connectivity index (χ1v) is 11.1. The molecule has 0 radical (unpaired) electrons. The van der Waals surface area contributed by atoms with Crippen LogP contribution in [0.2, 0.25) is 0 Å². The SMILES string of the molecule is CC1=C(c2nc(-c3ccccc3)no2)C(c2cccc(F)c2)NC(=O)N1CCc1ccccc1. The zero-order chi connectivity index (χ0) is 23.5. The van der Waals surface area contributed by atoms with Crippen LogP contribution in [0.5, 0.6) is 0 Å². The number of allylic oxidation sites excluding steroid dienone is 1. The second kappa shape index (κ2) is 9.31. The Labute approximate surface area is 196 Å². The molecule has 6 nitrogen and oxygen atoms in total. The summed E-state index contributed by atoms with van der Waals surface area (Å²) in [6.45, 7) is 2.33. The van der Waals surface area contributed by atoms with Crippen molar-refractivity contribution in [1.82, 2.24) is 20.4 Å². The van der Waals surface area contributed by atoms with E-state index in [1.54, 1.807) is 17.0 Å². The average Bonchev–Trinajstić information content (AvgIpc) is 3.34. The van der Waals surface area contributed by atoms with Crippen molar-refractivity contribution < 1.29 is 13.7 Å². The quantitative estimate of drug-likeness (QED) is 0.411. The number of benzene rings is 3. The molecule has 1 aromatic heterocycles. The maximum atomic E-state index is 14.1. The van der Waals surface area contributed by atoms with Gasteiger partial charge in [-0.05, 0) is 36.6 Å². The van der Waals surface area contributed by atoms with Crippen LogP contribution in [0.4, 0.5) is 9.18 Å². The molecule has 0 saturated heterocycles. The minimum absolute atomic E-state index is 0.255.